The molecule has 1 aliphatic heterocycles. The van der Waals surface area contributed by atoms with Crippen LogP contribution in [-0.2, 0) is 4.79 Å². The van der Waals surface area contributed by atoms with E-state index in [2.05, 4.69) is 11.8 Å². The topological polar surface area (TPSA) is 58.4 Å². The highest BCUT2D eigenvalue weighted by Crippen LogP contribution is 2.26. The van der Waals surface area contributed by atoms with Gasteiger partial charge in [0.15, 0.2) is 5.16 Å². The number of benzene rings is 2. The zero-order valence-corrected chi connectivity index (χ0v) is 19.1. The molecule has 0 spiro atoms. The van der Waals surface area contributed by atoms with Gasteiger partial charge in [-0.1, -0.05) is 48.5 Å². The van der Waals surface area contributed by atoms with E-state index in [-0.39, 0.29) is 16.7 Å². The number of likely N-dealkylation sites (N-methyl/N-ethyl adjacent to an activating group) is 1. The van der Waals surface area contributed by atoms with Gasteiger partial charge in [-0.25, -0.2) is 4.98 Å². The fraction of sp³-hybridized carbons (Fsp3) is 0.375. The van der Waals surface area contributed by atoms with Crippen LogP contribution in [0.3, 0.4) is 0 Å². The lowest BCUT2D eigenvalue weighted by Gasteiger charge is -2.35. The van der Waals surface area contributed by atoms with Crippen molar-refractivity contribution in [3.63, 3.8) is 0 Å². The van der Waals surface area contributed by atoms with Gasteiger partial charge < -0.3 is 9.80 Å². The third-order valence-corrected chi connectivity index (χ3v) is 6.84. The second-order valence-corrected chi connectivity index (χ2v) is 9.22. The molecule has 2 heterocycles. The number of fused-ring (bicyclic) bond motifs is 1. The molecule has 2 aromatic carbocycles. The van der Waals surface area contributed by atoms with E-state index < -0.39 is 0 Å². The molecular formula is C24H28N4O2S. The minimum atomic E-state index is -0.335. The van der Waals surface area contributed by atoms with E-state index in [1.165, 1.54) is 11.8 Å². The van der Waals surface area contributed by atoms with Crippen LogP contribution in [0.5, 0.6) is 0 Å². The Hall–Kier alpha value is -2.64. The highest BCUT2D eigenvalue weighted by atomic mass is 32.2. The Balaban J connectivity index is 1.67. The van der Waals surface area contributed by atoms with E-state index in [0.29, 0.717) is 16.1 Å². The fourth-order valence-electron chi connectivity index (χ4n) is 3.86. The summed E-state index contributed by atoms with van der Waals surface area (Å²) in [5, 5.41) is 0.778. The SMILES string of the molecule is CCN1CCN(C(=O)C(C)Sc2nc3ccccc3c(=O)n2-c2ccc(C)cc2)CC1. The number of carbonyl (C=O) groups excluding carboxylic acids is 1. The van der Waals surface area contributed by atoms with Gasteiger partial charge in [-0.3, -0.25) is 14.2 Å². The number of piperazine rings is 1. The van der Waals surface area contributed by atoms with Crippen molar-refractivity contribution in [3.8, 4) is 5.69 Å². The number of aryl methyl sites for hydroxylation is 1. The predicted octanol–water partition coefficient (Wildman–Crippen LogP) is 3.34. The number of carbonyl (C=O) groups is 1. The van der Waals surface area contributed by atoms with Crippen molar-refractivity contribution in [2.75, 3.05) is 32.7 Å². The van der Waals surface area contributed by atoms with E-state index in [9.17, 15) is 9.59 Å². The second kappa shape index (κ2) is 9.24. The molecule has 162 valence electrons. The quantitative estimate of drug-likeness (QED) is 0.454. The van der Waals surface area contributed by atoms with Crippen molar-refractivity contribution in [1.29, 1.82) is 0 Å². The smallest absolute Gasteiger partial charge is 0.266 e. The number of thioether (sulfide) groups is 1. The maximum Gasteiger partial charge on any atom is 0.266 e. The van der Waals surface area contributed by atoms with Gasteiger partial charge in [0.25, 0.3) is 5.56 Å². The first-order chi connectivity index (χ1) is 15.0. The van der Waals surface area contributed by atoms with Gasteiger partial charge in [0.1, 0.15) is 0 Å². The van der Waals surface area contributed by atoms with Gasteiger partial charge in [0, 0.05) is 26.2 Å². The van der Waals surface area contributed by atoms with Crippen LogP contribution in [0.25, 0.3) is 16.6 Å². The Bertz CT molecular complexity index is 1130. The number of hydrogen-bond donors (Lipinski definition) is 0. The van der Waals surface area contributed by atoms with Crippen molar-refractivity contribution in [1.82, 2.24) is 19.4 Å². The van der Waals surface area contributed by atoms with Crippen molar-refractivity contribution < 1.29 is 4.79 Å². The number of para-hydroxylation sites is 1. The maximum absolute atomic E-state index is 13.4. The van der Waals surface area contributed by atoms with Crippen LogP contribution in [0.15, 0.2) is 58.5 Å². The van der Waals surface area contributed by atoms with Gasteiger partial charge in [-0.05, 0) is 44.7 Å². The summed E-state index contributed by atoms with van der Waals surface area (Å²) in [5.41, 5.74) is 2.41. The van der Waals surface area contributed by atoms with Crippen LogP contribution in [0.1, 0.15) is 19.4 Å². The molecule has 0 aliphatic carbocycles. The number of aromatic nitrogens is 2. The maximum atomic E-state index is 13.4. The summed E-state index contributed by atoms with van der Waals surface area (Å²) < 4.78 is 1.63. The molecule has 3 aromatic rings. The van der Waals surface area contributed by atoms with Gasteiger partial charge in [0.05, 0.1) is 21.8 Å². The van der Waals surface area contributed by atoms with Crippen molar-refractivity contribution >= 4 is 28.6 Å². The first kappa shape index (κ1) is 21.6. The van der Waals surface area contributed by atoms with Crippen LogP contribution >= 0.6 is 11.8 Å². The number of hydrogen-bond acceptors (Lipinski definition) is 5. The zero-order valence-electron chi connectivity index (χ0n) is 18.2. The van der Waals surface area contributed by atoms with E-state index >= 15 is 0 Å². The molecule has 1 aromatic heterocycles. The summed E-state index contributed by atoms with van der Waals surface area (Å²) in [6.07, 6.45) is 0. The molecule has 7 heteroatoms. The number of nitrogens with zero attached hydrogens (tertiary/aromatic N) is 4. The molecule has 0 bridgehead atoms. The third kappa shape index (κ3) is 4.52. The molecule has 1 atom stereocenters. The first-order valence-corrected chi connectivity index (χ1v) is 11.6. The Morgan fingerprint density at radius 3 is 2.42 bits per heavy atom. The lowest BCUT2D eigenvalue weighted by molar-refractivity contribution is -0.132. The van der Waals surface area contributed by atoms with E-state index in [0.717, 1.165) is 44.0 Å². The van der Waals surface area contributed by atoms with Gasteiger partial charge in [0.2, 0.25) is 5.91 Å². The standard InChI is InChI=1S/C24H28N4O2S/c1-4-26-13-15-27(16-14-26)22(29)18(3)31-24-25-21-8-6-5-7-20(21)23(30)28(24)19-11-9-17(2)10-12-19/h5-12,18H,4,13-16H2,1-3H3. The summed E-state index contributed by atoms with van der Waals surface area (Å²) in [6, 6.07) is 15.2. The molecule has 4 rings (SSSR count). The molecule has 1 fully saturated rings. The summed E-state index contributed by atoms with van der Waals surface area (Å²) in [6.45, 7) is 10.4. The number of rotatable bonds is 5. The average molecular weight is 437 g/mol. The molecule has 1 amide bonds. The summed E-state index contributed by atoms with van der Waals surface area (Å²) in [4.78, 5) is 35.5. The Morgan fingerprint density at radius 2 is 1.74 bits per heavy atom. The third-order valence-electron chi connectivity index (χ3n) is 5.80. The summed E-state index contributed by atoms with van der Waals surface area (Å²) in [5.74, 6) is 0.0959. The van der Waals surface area contributed by atoms with Crippen LogP contribution in [-0.4, -0.2) is 63.2 Å². The largest absolute Gasteiger partial charge is 0.339 e. The average Bonchev–Trinajstić information content (AvgIpc) is 2.80. The molecule has 6 nitrogen and oxygen atoms in total. The molecule has 31 heavy (non-hydrogen) atoms. The van der Waals surface area contributed by atoms with Crippen molar-refractivity contribution in [3.05, 3.63) is 64.4 Å². The van der Waals surface area contributed by atoms with Crippen LogP contribution in [0.2, 0.25) is 0 Å². The summed E-state index contributed by atoms with van der Waals surface area (Å²) >= 11 is 1.35. The monoisotopic (exact) mass is 436 g/mol. The Kier molecular flexibility index (Phi) is 6.43. The molecule has 0 radical (unpaired) electrons. The lowest BCUT2D eigenvalue weighted by atomic mass is 10.2. The first-order valence-electron chi connectivity index (χ1n) is 10.7. The van der Waals surface area contributed by atoms with E-state index in [1.54, 1.807) is 10.6 Å². The normalized spacial score (nSPS) is 15.9. The van der Waals surface area contributed by atoms with Crippen LogP contribution in [0.4, 0.5) is 0 Å². The fourth-order valence-corrected chi connectivity index (χ4v) is 4.87. The minimum Gasteiger partial charge on any atom is -0.339 e. The lowest BCUT2D eigenvalue weighted by Crippen LogP contribution is -2.50. The van der Waals surface area contributed by atoms with Crippen molar-refractivity contribution in [2.24, 2.45) is 0 Å². The molecule has 1 aliphatic rings. The highest BCUT2D eigenvalue weighted by Gasteiger charge is 2.27. The Morgan fingerprint density at radius 1 is 1.06 bits per heavy atom. The predicted molar refractivity (Wildman–Crippen MR) is 126 cm³/mol. The highest BCUT2D eigenvalue weighted by molar-refractivity contribution is 8.00. The van der Waals surface area contributed by atoms with Gasteiger partial charge in [-0.2, -0.15) is 0 Å². The van der Waals surface area contributed by atoms with Gasteiger partial charge in [-0.15, -0.1) is 0 Å². The Labute approximate surface area is 186 Å². The minimum absolute atomic E-state index is 0.0959. The molecule has 0 N–H and O–H groups in total. The van der Waals surface area contributed by atoms with E-state index in [4.69, 9.17) is 4.98 Å². The van der Waals surface area contributed by atoms with Crippen LogP contribution in [0, 0.1) is 6.92 Å². The van der Waals surface area contributed by atoms with Crippen molar-refractivity contribution in [2.45, 2.75) is 31.2 Å². The molecule has 1 saturated heterocycles. The summed E-state index contributed by atoms with van der Waals surface area (Å²) in [7, 11) is 0. The molecule has 1 unspecified atom stereocenters. The zero-order chi connectivity index (χ0) is 22.0. The number of amides is 1. The molecular weight excluding hydrogens is 408 g/mol. The second-order valence-electron chi connectivity index (χ2n) is 7.91. The molecule has 0 saturated carbocycles. The van der Waals surface area contributed by atoms with Crippen LogP contribution < -0.4 is 5.56 Å². The van der Waals surface area contributed by atoms with Gasteiger partial charge >= 0.3 is 0 Å². The van der Waals surface area contributed by atoms with E-state index in [1.807, 2.05) is 61.2 Å².